The molecule has 3 N–H and O–H groups in total. The number of ether oxygens (including phenoxy) is 2. The molecular weight excluding hydrogens is 739 g/mol. The Kier molecular flexibility index (Phi) is 37.6. The van der Waals surface area contributed by atoms with Gasteiger partial charge in [-0.3, -0.25) is 14.1 Å². The monoisotopic (exact) mass is 810 g/mol. The molecule has 0 saturated heterocycles. The molecule has 0 heterocycles. The number of hydrogen-bond acceptors (Lipinski definition) is 7. The van der Waals surface area contributed by atoms with E-state index in [0.29, 0.717) is 19.3 Å². The first-order chi connectivity index (χ1) is 27.7. The minimum Gasteiger partial charge on any atom is -0.462 e. The minimum atomic E-state index is -4.81. The van der Waals surface area contributed by atoms with Crippen LogP contribution >= 0.6 is 7.82 Å². The van der Waals surface area contributed by atoms with Crippen molar-refractivity contribution in [2.24, 2.45) is 0 Å². The third-order valence-electron chi connectivity index (χ3n) is 7.76. The van der Waals surface area contributed by atoms with Gasteiger partial charge in [0.25, 0.3) is 0 Å². The van der Waals surface area contributed by atoms with E-state index in [1.807, 2.05) is 60.8 Å². The summed E-state index contributed by atoms with van der Waals surface area (Å²) in [5, 5.41) is 9.81. The van der Waals surface area contributed by atoms with Crippen LogP contribution in [0.2, 0.25) is 0 Å². The van der Waals surface area contributed by atoms with E-state index in [4.69, 9.17) is 19.3 Å². The molecule has 0 spiro atoms. The van der Waals surface area contributed by atoms with E-state index < -0.39 is 38.6 Å². The van der Waals surface area contributed by atoms with Gasteiger partial charge in [-0.15, -0.1) is 0 Å². The molecule has 0 bridgehead atoms. The minimum absolute atomic E-state index is 0.0560. The largest absolute Gasteiger partial charge is 0.469 e. The zero-order valence-electron chi connectivity index (χ0n) is 34.5. The Hall–Kier alpha value is -3.85. The molecule has 2 atom stereocenters. The highest BCUT2D eigenvalue weighted by molar-refractivity contribution is 7.46. The number of carbonyl (C=O) groups excluding carboxylic acids is 2. The van der Waals surface area contributed by atoms with Gasteiger partial charge in [-0.1, -0.05) is 160 Å². The van der Waals surface area contributed by atoms with Gasteiger partial charge in [-0.05, 0) is 83.5 Å². The number of phosphoric acid groups is 1. The molecule has 1 unspecified atom stereocenters. The Bertz CT molecular complexity index is 1390. The number of unbranched alkanes of at least 4 members (excludes halogenated alkanes) is 3. The van der Waals surface area contributed by atoms with Crippen LogP contribution in [-0.2, 0) is 28.2 Å². The molecular formula is C47H71O9P. The van der Waals surface area contributed by atoms with E-state index in [1.54, 1.807) is 6.08 Å². The van der Waals surface area contributed by atoms with Crippen LogP contribution in [0.4, 0.5) is 0 Å². The Labute approximate surface area is 344 Å². The molecule has 0 radical (unpaired) electrons. The lowest BCUT2D eigenvalue weighted by molar-refractivity contribution is -0.161. The maximum absolute atomic E-state index is 12.4. The lowest BCUT2D eigenvalue weighted by atomic mass is 10.2. The summed E-state index contributed by atoms with van der Waals surface area (Å²) in [6.07, 6.45) is 56.7. The zero-order chi connectivity index (χ0) is 41.9. The van der Waals surface area contributed by atoms with Crippen molar-refractivity contribution in [3.63, 3.8) is 0 Å². The molecule has 10 heteroatoms. The molecule has 0 amide bonds. The molecule has 9 nitrogen and oxygen atoms in total. The van der Waals surface area contributed by atoms with Gasteiger partial charge >= 0.3 is 19.8 Å². The molecule has 0 aromatic heterocycles. The molecule has 0 aliphatic heterocycles. The number of aliphatic hydroxyl groups is 1. The average molecular weight is 811 g/mol. The van der Waals surface area contributed by atoms with Crippen LogP contribution < -0.4 is 0 Å². The van der Waals surface area contributed by atoms with Gasteiger partial charge in [-0.2, -0.15) is 0 Å². The molecule has 0 aromatic carbocycles. The normalized spacial score (nSPS) is 14.4. The van der Waals surface area contributed by atoms with Gasteiger partial charge < -0.3 is 24.4 Å². The van der Waals surface area contributed by atoms with Crippen molar-refractivity contribution >= 4 is 19.8 Å². The van der Waals surface area contributed by atoms with Gasteiger partial charge in [0.05, 0.1) is 12.7 Å². The Morgan fingerprint density at radius 2 is 1.04 bits per heavy atom. The van der Waals surface area contributed by atoms with Crippen LogP contribution in [-0.4, -0.2) is 52.3 Å². The number of rotatable bonds is 35. The smallest absolute Gasteiger partial charge is 0.462 e. The van der Waals surface area contributed by atoms with Crippen molar-refractivity contribution in [3.8, 4) is 0 Å². The molecule has 0 fully saturated rings. The third-order valence-corrected chi connectivity index (χ3v) is 8.25. The summed E-state index contributed by atoms with van der Waals surface area (Å²) in [4.78, 5) is 42.8. The zero-order valence-corrected chi connectivity index (χ0v) is 35.4. The number of allylic oxidation sites excluding steroid dienone is 20. The van der Waals surface area contributed by atoms with Gasteiger partial charge in [-0.25, -0.2) is 4.57 Å². The first-order valence-corrected chi connectivity index (χ1v) is 22.1. The maximum Gasteiger partial charge on any atom is 0.469 e. The SMILES string of the molecule is CC/C=C\CC(O)/C=C/C=C/C/C=C\C/C=C\C/C=C\CCC(=O)OC[C@H](COP(=O)(O)O)OC(=O)CC/C=C\C/C=C\C/C=C\C/C=C\C/C=C\CCCCC. The first-order valence-electron chi connectivity index (χ1n) is 20.6. The molecule has 318 valence electrons. The highest BCUT2D eigenvalue weighted by Crippen LogP contribution is 2.35. The van der Waals surface area contributed by atoms with E-state index in [0.717, 1.165) is 51.4 Å². The van der Waals surface area contributed by atoms with E-state index in [1.165, 1.54) is 25.7 Å². The summed E-state index contributed by atoms with van der Waals surface area (Å²) in [7, 11) is -4.81. The number of phosphoric ester groups is 1. The van der Waals surface area contributed by atoms with Crippen molar-refractivity contribution in [1.29, 1.82) is 0 Å². The number of hydrogen-bond donors (Lipinski definition) is 3. The van der Waals surface area contributed by atoms with Crippen LogP contribution in [0.5, 0.6) is 0 Å². The Balaban J connectivity index is 4.26. The number of esters is 2. The van der Waals surface area contributed by atoms with Crippen molar-refractivity contribution in [3.05, 3.63) is 134 Å². The van der Waals surface area contributed by atoms with Crippen molar-refractivity contribution < 1.29 is 43.0 Å². The van der Waals surface area contributed by atoms with Crippen LogP contribution in [0.3, 0.4) is 0 Å². The van der Waals surface area contributed by atoms with Crippen molar-refractivity contribution in [2.45, 2.75) is 135 Å². The first kappa shape index (κ1) is 53.1. The van der Waals surface area contributed by atoms with Gasteiger partial charge in [0.15, 0.2) is 6.10 Å². The highest BCUT2D eigenvalue weighted by atomic mass is 31.2. The molecule has 0 rings (SSSR count). The molecule has 0 saturated carbocycles. The lowest BCUT2D eigenvalue weighted by Gasteiger charge is -2.18. The summed E-state index contributed by atoms with van der Waals surface area (Å²) in [6, 6.07) is 0. The van der Waals surface area contributed by atoms with E-state index >= 15 is 0 Å². The molecule has 0 aliphatic carbocycles. The van der Waals surface area contributed by atoms with Crippen LogP contribution in [0.25, 0.3) is 0 Å². The fourth-order valence-corrected chi connectivity index (χ4v) is 5.06. The summed E-state index contributed by atoms with van der Waals surface area (Å²) in [5.74, 6) is -1.12. The van der Waals surface area contributed by atoms with Crippen molar-refractivity contribution in [1.82, 2.24) is 0 Å². The number of carbonyl (C=O) groups is 2. The Morgan fingerprint density at radius 1 is 0.561 bits per heavy atom. The fraction of sp³-hybridized carbons (Fsp3) is 0.489. The van der Waals surface area contributed by atoms with Gasteiger partial charge in [0.1, 0.15) is 6.61 Å². The van der Waals surface area contributed by atoms with Crippen LogP contribution in [0, 0.1) is 0 Å². The second-order valence-electron chi connectivity index (χ2n) is 13.1. The lowest BCUT2D eigenvalue weighted by Crippen LogP contribution is -2.29. The van der Waals surface area contributed by atoms with Crippen molar-refractivity contribution in [2.75, 3.05) is 13.2 Å². The van der Waals surface area contributed by atoms with Crippen LogP contribution in [0.15, 0.2) is 134 Å². The fourth-order valence-electron chi connectivity index (χ4n) is 4.70. The maximum atomic E-state index is 12.4. The third kappa shape index (κ3) is 43.1. The topological polar surface area (TPSA) is 140 Å². The van der Waals surface area contributed by atoms with E-state index in [-0.39, 0.29) is 19.4 Å². The predicted octanol–water partition coefficient (Wildman–Crippen LogP) is 11.7. The predicted molar refractivity (Wildman–Crippen MR) is 235 cm³/mol. The summed E-state index contributed by atoms with van der Waals surface area (Å²) >= 11 is 0. The second kappa shape index (κ2) is 40.4. The highest BCUT2D eigenvalue weighted by Gasteiger charge is 2.22. The quantitative estimate of drug-likeness (QED) is 0.0188. The average Bonchev–Trinajstić information content (AvgIpc) is 3.18. The summed E-state index contributed by atoms with van der Waals surface area (Å²) < 4.78 is 26.2. The second-order valence-corrected chi connectivity index (χ2v) is 14.3. The molecule has 57 heavy (non-hydrogen) atoms. The van der Waals surface area contributed by atoms with Gasteiger partial charge in [0.2, 0.25) is 0 Å². The van der Waals surface area contributed by atoms with Crippen LogP contribution in [0.1, 0.15) is 123 Å². The molecule has 0 aliphatic rings. The van der Waals surface area contributed by atoms with E-state index in [9.17, 15) is 19.3 Å². The number of aliphatic hydroxyl groups excluding tert-OH is 1. The Morgan fingerprint density at radius 3 is 1.53 bits per heavy atom. The molecule has 0 aromatic rings. The van der Waals surface area contributed by atoms with E-state index in [2.05, 4.69) is 85.2 Å². The summed E-state index contributed by atoms with van der Waals surface area (Å²) in [6.45, 7) is 3.30. The standard InChI is InChI=1S/C47H71O9P/c1-3-5-7-8-9-10-11-12-13-14-15-16-17-20-24-27-30-33-37-41-47(50)56-45(43-55-57(51,52)53)42-54-46(49)40-36-32-29-26-23-21-18-19-22-25-28-31-35-39-44(48)38-34-6-4-2/h6,9-10,12-13,15-16,19-24,28-35,39,44-45,48H,3-5,7-8,11,14,17-18,25-27,36-38,40-43H2,1-2H3,(H2,51,52,53)/b10-9-,13-12-,16-15-,22-19-,23-21-,24-20-,31-28+,32-29-,33-30-,34-6-,39-35+/t44?,45-/m1/s1. The summed E-state index contributed by atoms with van der Waals surface area (Å²) in [5.41, 5.74) is 0. The van der Waals surface area contributed by atoms with Gasteiger partial charge in [0, 0.05) is 12.8 Å².